The summed E-state index contributed by atoms with van der Waals surface area (Å²) in [7, 11) is -3.28. The second kappa shape index (κ2) is 6.04. The first-order chi connectivity index (χ1) is 9.45. The SMILES string of the molecule is CCCC1CCCCN1c1cccc(S(C)(=O)=O)c1N. The quantitative estimate of drug-likeness (QED) is 0.868. The lowest BCUT2D eigenvalue weighted by Crippen LogP contribution is -2.40. The van der Waals surface area contributed by atoms with Crippen LogP contribution in [0.25, 0.3) is 0 Å². The first-order valence-corrected chi connectivity index (χ1v) is 9.19. The van der Waals surface area contributed by atoms with Crippen LogP contribution < -0.4 is 10.6 Å². The Morgan fingerprint density at radius 3 is 2.75 bits per heavy atom. The first kappa shape index (κ1) is 15.2. The average Bonchev–Trinajstić information content (AvgIpc) is 2.39. The van der Waals surface area contributed by atoms with E-state index in [1.54, 1.807) is 12.1 Å². The molecular formula is C15H24N2O2S. The number of para-hydroxylation sites is 1. The van der Waals surface area contributed by atoms with Crippen molar-refractivity contribution in [1.29, 1.82) is 0 Å². The minimum absolute atomic E-state index is 0.246. The van der Waals surface area contributed by atoms with Crippen molar-refractivity contribution in [1.82, 2.24) is 0 Å². The van der Waals surface area contributed by atoms with E-state index in [4.69, 9.17) is 5.73 Å². The molecule has 4 nitrogen and oxygen atoms in total. The Labute approximate surface area is 121 Å². The maximum absolute atomic E-state index is 11.8. The van der Waals surface area contributed by atoms with Gasteiger partial charge in [0.1, 0.15) is 0 Å². The van der Waals surface area contributed by atoms with Gasteiger partial charge in [-0.2, -0.15) is 0 Å². The predicted molar refractivity (Wildman–Crippen MR) is 83.9 cm³/mol. The molecule has 0 bridgehead atoms. The molecule has 1 aromatic rings. The fraction of sp³-hybridized carbons (Fsp3) is 0.600. The van der Waals surface area contributed by atoms with E-state index < -0.39 is 9.84 Å². The Bertz CT molecular complexity index is 567. The number of anilines is 2. The van der Waals surface area contributed by atoms with Crippen molar-refractivity contribution in [3.63, 3.8) is 0 Å². The van der Waals surface area contributed by atoms with Crippen molar-refractivity contribution in [2.45, 2.75) is 50.0 Å². The van der Waals surface area contributed by atoms with Gasteiger partial charge in [-0.05, 0) is 37.8 Å². The first-order valence-electron chi connectivity index (χ1n) is 7.30. The van der Waals surface area contributed by atoms with Gasteiger partial charge in [0.2, 0.25) is 0 Å². The largest absolute Gasteiger partial charge is 0.396 e. The van der Waals surface area contributed by atoms with Crippen LogP contribution in [0.4, 0.5) is 11.4 Å². The van der Waals surface area contributed by atoms with Gasteiger partial charge in [0.05, 0.1) is 16.3 Å². The predicted octanol–water partition coefficient (Wildman–Crippen LogP) is 2.83. The Kier molecular flexibility index (Phi) is 4.58. The van der Waals surface area contributed by atoms with Crippen molar-refractivity contribution in [3.05, 3.63) is 18.2 Å². The van der Waals surface area contributed by atoms with Crippen molar-refractivity contribution in [2.24, 2.45) is 0 Å². The number of hydrogen-bond acceptors (Lipinski definition) is 4. The number of nitrogen functional groups attached to an aromatic ring is 1. The number of sulfone groups is 1. The fourth-order valence-electron chi connectivity index (χ4n) is 3.06. The highest BCUT2D eigenvalue weighted by atomic mass is 32.2. The number of nitrogens with two attached hydrogens (primary N) is 1. The van der Waals surface area contributed by atoms with Gasteiger partial charge in [0, 0.05) is 18.8 Å². The molecule has 0 aromatic heterocycles. The van der Waals surface area contributed by atoms with Crippen LogP contribution in [0.15, 0.2) is 23.1 Å². The smallest absolute Gasteiger partial charge is 0.177 e. The summed E-state index contributed by atoms with van der Waals surface area (Å²) in [6.45, 7) is 3.14. The molecule has 0 saturated carbocycles. The third-order valence-corrected chi connectivity index (χ3v) is 5.16. The van der Waals surface area contributed by atoms with Crippen molar-refractivity contribution in [2.75, 3.05) is 23.4 Å². The Morgan fingerprint density at radius 1 is 1.35 bits per heavy atom. The van der Waals surface area contributed by atoms with Crippen LogP contribution in [-0.2, 0) is 9.84 Å². The summed E-state index contributed by atoms with van der Waals surface area (Å²) in [5.41, 5.74) is 7.42. The third kappa shape index (κ3) is 3.08. The van der Waals surface area contributed by atoms with Crippen molar-refractivity contribution >= 4 is 21.2 Å². The summed E-state index contributed by atoms with van der Waals surface area (Å²) in [6.07, 6.45) is 7.02. The van der Waals surface area contributed by atoms with Gasteiger partial charge >= 0.3 is 0 Å². The molecule has 5 heteroatoms. The molecule has 2 N–H and O–H groups in total. The number of hydrogen-bond donors (Lipinski definition) is 1. The van der Waals surface area contributed by atoms with Gasteiger partial charge in [0.25, 0.3) is 0 Å². The normalized spacial score (nSPS) is 20.1. The molecule has 1 saturated heterocycles. The van der Waals surface area contributed by atoms with E-state index in [9.17, 15) is 8.42 Å². The van der Waals surface area contributed by atoms with Gasteiger partial charge in [-0.25, -0.2) is 8.42 Å². The summed E-state index contributed by atoms with van der Waals surface area (Å²) < 4.78 is 23.6. The number of rotatable bonds is 4. The van der Waals surface area contributed by atoms with E-state index in [1.807, 2.05) is 6.07 Å². The van der Waals surface area contributed by atoms with Crippen molar-refractivity contribution < 1.29 is 8.42 Å². The van der Waals surface area contributed by atoms with E-state index in [-0.39, 0.29) is 4.90 Å². The molecule has 1 heterocycles. The summed E-state index contributed by atoms with van der Waals surface area (Å²) in [6, 6.07) is 5.80. The van der Waals surface area contributed by atoms with Gasteiger partial charge in [-0.1, -0.05) is 19.4 Å². The zero-order valence-corrected chi connectivity index (χ0v) is 13.1. The van der Waals surface area contributed by atoms with Crippen LogP contribution in [0, 0.1) is 0 Å². The maximum atomic E-state index is 11.8. The third-order valence-electron chi connectivity index (χ3n) is 4.00. The average molecular weight is 296 g/mol. The highest BCUT2D eigenvalue weighted by Gasteiger charge is 2.25. The lowest BCUT2D eigenvalue weighted by molar-refractivity contribution is 0.435. The molecule has 0 radical (unpaired) electrons. The molecule has 1 unspecified atom stereocenters. The molecule has 1 atom stereocenters. The zero-order valence-electron chi connectivity index (χ0n) is 12.3. The van der Waals surface area contributed by atoms with Crippen LogP contribution in [0.2, 0.25) is 0 Å². The van der Waals surface area contributed by atoms with E-state index in [0.29, 0.717) is 11.7 Å². The minimum Gasteiger partial charge on any atom is -0.396 e. The molecule has 0 spiro atoms. The van der Waals surface area contributed by atoms with Crippen LogP contribution in [0.5, 0.6) is 0 Å². The molecule has 112 valence electrons. The second-order valence-electron chi connectivity index (χ2n) is 5.59. The lowest BCUT2D eigenvalue weighted by atomic mass is 9.97. The summed E-state index contributed by atoms with van der Waals surface area (Å²) >= 11 is 0. The molecule has 0 amide bonds. The van der Waals surface area contributed by atoms with Crippen LogP contribution >= 0.6 is 0 Å². The lowest BCUT2D eigenvalue weighted by Gasteiger charge is -2.38. The summed E-state index contributed by atoms with van der Waals surface area (Å²) in [4.78, 5) is 2.55. The Morgan fingerprint density at radius 2 is 2.10 bits per heavy atom. The monoisotopic (exact) mass is 296 g/mol. The molecule has 2 rings (SSSR count). The summed E-state index contributed by atoms with van der Waals surface area (Å²) in [5, 5.41) is 0. The molecule has 1 aliphatic rings. The molecule has 20 heavy (non-hydrogen) atoms. The van der Waals surface area contributed by atoms with Crippen LogP contribution in [0.3, 0.4) is 0 Å². The van der Waals surface area contributed by atoms with Gasteiger partial charge < -0.3 is 10.6 Å². The van der Waals surface area contributed by atoms with E-state index >= 15 is 0 Å². The standard InChI is InChI=1S/C15H24N2O2S/c1-3-7-12-8-4-5-11-17(12)13-9-6-10-14(15(13)16)20(2,18)19/h6,9-10,12H,3-5,7-8,11,16H2,1-2H3. The molecule has 1 aromatic carbocycles. The molecule has 0 aliphatic carbocycles. The molecule has 1 fully saturated rings. The van der Waals surface area contributed by atoms with Gasteiger partial charge in [-0.3, -0.25) is 0 Å². The number of piperidine rings is 1. The Balaban J connectivity index is 2.41. The number of benzene rings is 1. The number of nitrogens with zero attached hydrogens (tertiary/aromatic N) is 1. The Hall–Kier alpha value is -1.23. The van der Waals surface area contributed by atoms with Gasteiger partial charge in [0.15, 0.2) is 9.84 Å². The van der Waals surface area contributed by atoms with Crippen molar-refractivity contribution in [3.8, 4) is 0 Å². The second-order valence-corrected chi connectivity index (χ2v) is 7.58. The zero-order chi connectivity index (χ0) is 14.8. The van der Waals surface area contributed by atoms with E-state index in [2.05, 4.69) is 11.8 Å². The molecular weight excluding hydrogens is 272 g/mol. The molecule has 1 aliphatic heterocycles. The maximum Gasteiger partial charge on any atom is 0.177 e. The highest BCUT2D eigenvalue weighted by Crippen LogP contribution is 2.34. The highest BCUT2D eigenvalue weighted by molar-refractivity contribution is 7.90. The van der Waals surface area contributed by atoms with Crippen LogP contribution in [0.1, 0.15) is 39.0 Å². The minimum atomic E-state index is -3.28. The topological polar surface area (TPSA) is 63.4 Å². The van der Waals surface area contributed by atoms with E-state index in [0.717, 1.165) is 37.9 Å². The van der Waals surface area contributed by atoms with Crippen LogP contribution in [-0.4, -0.2) is 27.3 Å². The van der Waals surface area contributed by atoms with E-state index in [1.165, 1.54) is 12.7 Å². The van der Waals surface area contributed by atoms with Gasteiger partial charge in [-0.15, -0.1) is 0 Å². The fourth-order valence-corrected chi connectivity index (χ4v) is 3.89. The summed E-state index contributed by atoms with van der Waals surface area (Å²) in [5.74, 6) is 0.